The number of aromatic nitrogens is 3. The van der Waals surface area contributed by atoms with E-state index in [0.717, 1.165) is 0 Å². The van der Waals surface area contributed by atoms with E-state index >= 15 is 0 Å². The number of para-hydroxylation sites is 2. The van der Waals surface area contributed by atoms with E-state index in [1.165, 1.54) is 27.8 Å². The van der Waals surface area contributed by atoms with Crippen molar-refractivity contribution in [1.29, 1.82) is 0 Å². The third-order valence-corrected chi connectivity index (χ3v) is 6.29. The zero-order valence-corrected chi connectivity index (χ0v) is 20.0. The van der Waals surface area contributed by atoms with Gasteiger partial charge in [-0.15, -0.1) is 11.3 Å². The molecule has 0 aliphatic carbocycles. The maximum absolute atomic E-state index is 13.1. The predicted molar refractivity (Wildman–Crippen MR) is 138 cm³/mol. The SMILES string of the molecule is CC(=O)N(c1ccccc1)c1nc(COC(=O)c2nn(-c3ccccc3)c(=O)c3ccccc23)cs1. The van der Waals surface area contributed by atoms with Crippen LogP contribution in [0.2, 0.25) is 0 Å². The number of ether oxygens (including phenoxy) is 1. The molecule has 0 saturated carbocycles. The molecular formula is C27H20N4O4S. The molecule has 0 unspecified atom stereocenters. The van der Waals surface area contributed by atoms with Crippen LogP contribution in [0.1, 0.15) is 23.1 Å². The molecule has 9 heteroatoms. The number of fused-ring (bicyclic) bond motifs is 1. The highest BCUT2D eigenvalue weighted by Gasteiger charge is 2.21. The van der Waals surface area contributed by atoms with E-state index < -0.39 is 5.97 Å². The molecule has 0 aliphatic heterocycles. The summed E-state index contributed by atoms with van der Waals surface area (Å²) < 4.78 is 6.74. The molecule has 2 aromatic heterocycles. The second-order valence-corrected chi connectivity index (χ2v) is 8.67. The fourth-order valence-electron chi connectivity index (χ4n) is 3.76. The van der Waals surface area contributed by atoms with Crippen LogP contribution in [0.5, 0.6) is 0 Å². The van der Waals surface area contributed by atoms with E-state index in [9.17, 15) is 14.4 Å². The van der Waals surface area contributed by atoms with Gasteiger partial charge in [-0.05, 0) is 30.3 Å². The number of carbonyl (C=O) groups is 2. The Morgan fingerprint density at radius 3 is 2.25 bits per heavy atom. The minimum absolute atomic E-state index is 0.0270. The minimum atomic E-state index is -0.683. The van der Waals surface area contributed by atoms with Crippen LogP contribution >= 0.6 is 11.3 Å². The summed E-state index contributed by atoms with van der Waals surface area (Å²) in [6, 6.07) is 24.9. The van der Waals surface area contributed by atoms with Gasteiger partial charge in [0.2, 0.25) is 5.91 Å². The van der Waals surface area contributed by atoms with Gasteiger partial charge in [-0.25, -0.2) is 9.78 Å². The molecule has 3 aromatic carbocycles. The van der Waals surface area contributed by atoms with Crippen molar-refractivity contribution in [2.24, 2.45) is 0 Å². The topological polar surface area (TPSA) is 94.4 Å². The fraction of sp³-hybridized carbons (Fsp3) is 0.0741. The lowest BCUT2D eigenvalue weighted by molar-refractivity contribution is -0.115. The van der Waals surface area contributed by atoms with Crippen LogP contribution in [-0.2, 0) is 16.1 Å². The molecule has 0 aliphatic rings. The summed E-state index contributed by atoms with van der Waals surface area (Å²) in [7, 11) is 0. The maximum atomic E-state index is 13.1. The van der Waals surface area contributed by atoms with Crippen molar-refractivity contribution in [3.63, 3.8) is 0 Å². The summed E-state index contributed by atoms with van der Waals surface area (Å²) in [6.45, 7) is 1.35. The van der Waals surface area contributed by atoms with Crippen molar-refractivity contribution in [2.75, 3.05) is 4.90 Å². The maximum Gasteiger partial charge on any atom is 0.359 e. The molecule has 0 atom stereocenters. The first-order valence-corrected chi connectivity index (χ1v) is 12.0. The zero-order valence-electron chi connectivity index (χ0n) is 19.2. The van der Waals surface area contributed by atoms with Crippen molar-refractivity contribution >= 4 is 44.8 Å². The Hall–Kier alpha value is -4.63. The summed E-state index contributed by atoms with van der Waals surface area (Å²) >= 11 is 1.27. The number of hydrogen-bond donors (Lipinski definition) is 0. The fourth-order valence-corrected chi connectivity index (χ4v) is 4.63. The molecule has 0 saturated heterocycles. The van der Waals surface area contributed by atoms with Crippen molar-refractivity contribution in [3.8, 4) is 5.69 Å². The lowest BCUT2D eigenvalue weighted by atomic mass is 10.1. The van der Waals surface area contributed by atoms with Gasteiger partial charge < -0.3 is 4.74 Å². The average Bonchev–Trinajstić information content (AvgIpc) is 3.37. The van der Waals surface area contributed by atoms with Gasteiger partial charge in [0.05, 0.1) is 22.5 Å². The highest BCUT2D eigenvalue weighted by Crippen LogP contribution is 2.29. The van der Waals surface area contributed by atoms with Gasteiger partial charge in [0.25, 0.3) is 5.56 Å². The van der Waals surface area contributed by atoms with E-state index in [0.29, 0.717) is 33.0 Å². The molecule has 1 amide bonds. The molecule has 8 nitrogen and oxygen atoms in total. The lowest BCUT2D eigenvalue weighted by Gasteiger charge is -2.17. The third kappa shape index (κ3) is 4.51. The van der Waals surface area contributed by atoms with Crippen LogP contribution in [0.3, 0.4) is 0 Å². The average molecular weight is 497 g/mol. The molecule has 5 rings (SSSR count). The summed E-state index contributed by atoms with van der Waals surface area (Å²) in [4.78, 5) is 44.4. The number of amides is 1. The first kappa shape index (κ1) is 23.1. The minimum Gasteiger partial charge on any atom is -0.454 e. The quantitative estimate of drug-likeness (QED) is 0.311. The van der Waals surface area contributed by atoms with Gasteiger partial charge in [-0.1, -0.05) is 54.6 Å². The molecule has 0 N–H and O–H groups in total. The second kappa shape index (κ2) is 9.93. The molecule has 0 spiro atoms. The molecule has 36 heavy (non-hydrogen) atoms. The van der Waals surface area contributed by atoms with Gasteiger partial charge in [0.1, 0.15) is 6.61 Å². The number of rotatable bonds is 6. The molecule has 5 aromatic rings. The second-order valence-electron chi connectivity index (χ2n) is 7.83. The van der Waals surface area contributed by atoms with E-state index in [-0.39, 0.29) is 23.8 Å². The molecule has 0 fully saturated rings. The Labute approximate surface area is 210 Å². The van der Waals surface area contributed by atoms with Crippen LogP contribution in [0.15, 0.2) is 95.1 Å². The van der Waals surface area contributed by atoms with E-state index in [1.54, 1.807) is 53.9 Å². The van der Waals surface area contributed by atoms with Crippen molar-refractivity contribution < 1.29 is 14.3 Å². The molecular weight excluding hydrogens is 476 g/mol. The number of benzene rings is 3. The molecule has 0 bridgehead atoms. The summed E-state index contributed by atoms with van der Waals surface area (Å²) in [5, 5.41) is 7.31. The van der Waals surface area contributed by atoms with E-state index in [4.69, 9.17) is 4.74 Å². The Kier molecular flexibility index (Phi) is 6.38. The monoisotopic (exact) mass is 496 g/mol. The Bertz CT molecular complexity index is 1610. The summed E-state index contributed by atoms with van der Waals surface area (Å²) in [6.07, 6.45) is 0. The van der Waals surface area contributed by atoms with Crippen molar-refractivity contribution in [3.05, 3.63) is 112 Å². The number of thiazole rings is 1. The van der Waals surface area contributed by atoms with Gasteiger partial charge in [-0.3, -0.25) is 14.5 Å². The summed E-state index contributed by atoms with van der Waals surface area (Å²) in [5.74, 6) is -0.866. The van der Waals surface area contributed by atoms with Crippen LogP contribution < -0.4 is 10.5 Å². The van der Waals surface area contributed by atoms with Crippen LogP contribution in [0.25, 0.3) is 16.5 Å². The zero-order chi connectivity index (χ0) is 25.1. The third-order valence-electron chi connectivity index (χ3n) is 5.41. The Morgan fingerprint density at radius 2 is 1.56 bits per heavy atom. The van der Waals surface area contributed by atoms with Gasteiger partial charge >= 0.3 is 5.97 Å². The normalized spacial score (nSPS) is 10.8. The highest BCUT2D eigenvalue weighted by atomic mass is 32.1. The largest absolute Gasteiger partial charge is 0.454 e. The van der Waals surface area contributed by atoms with E-state index in [2.05, 4.69) is 10.1 Å². The van der Waals surface area contributed by atoms with Gasteiger partial charge in [0, 0.05) is 17.7 Å². The highest BCUT2D eigenvalue weighted by molar-refractivity contribution is 7.14. The number of hydrogen-bond acceptors (Lipinski definition) is 7. The lowest BCUT2D eigenvalue weighted by Crippen LogP contribution is -2.25. The predicted octanol–water partition coefficient (Wildman–Crippen LogP) is 4.88. The standard InChI is InChI=1S/C27H20N4O4S/c1-18(32)30(20-10-4-2-5-11-20)27-28-19(17-36-27)16-35-26(34)24-22-14-8-9-15-23(22)25(33)31(29-24)21-12-6-3-7-13-21/h2-15,17H,16H2,1H3. The molecule has 2 heterocycles. The van der Waals surface area contributed by atoms with Gasteiger partial charge in [-0.2, -0.15) is 9.78 Å². The van der Waals surface area contributed by atoms with Crippen LogP contribution in [0, 0.1) is 0 Å². The summed E-state index contributed by atoms with van der Waals surface area (Å²) in [5.41, 5.74) is 1.42. The van der Waals surface area contributed by atoms with Gasteiger partial charge in [0.15, 0.2) is 10.8 Å². The smallest absolute Gasteiger partial charge is 0.359 e. The van der Waals surface area contributed by atoms with Crippen molar-refractivity contribution in [2.45, 2.75) is 13.5 Å². The number of carbonyl (C=O) groups excluding carboxylic acids is 2. The number of anilines is 2. The number of esters is 1. The molecule has 178 valence electrons. The Morgan fingerprint density at radius 1 is 0.917 bits per heavy atom. The first-order valence-electron chi connectivity index (χ1n) is 11.1. The van der Waals surface area contributed by atoms with E-state index in [1.807, 2.05) is 36.4 Å². The first-order chi connectivity index (χ1) is 17.5. The van der Waals surface area contributed by atoms with Crippen LogP contribution in [-0.4, -0.2) is 26.6 Å². The molecule has 0 radical (unpaired) electrons. The Balaban J connectivity index is 1.42. The number of nitrogens with zero attached hydrogens (tertiary/aromatic N) is 4. The van der Waals surface area contributed by atoms with Crippen LogP contribution in [0.4, 0.5) is 10.8 Å². The van der Waals surface area contributed by atoms with Crippen molar-refractivity contribution in [1.82, 2.24) is 14.8 Å².